The second-order valence-corrected chi connectivity index (χ2v) is 4.72. The molecule has 0 spiro atoms. The van der Waals surface area contributed by atoms with E-state index in [-0.39, 0.29) is 6.61 Å². The van der Waals surface area contributed by atoms with Gasteiger partial charge in [-0.15, -0.1) is 0 Å². The van der Waals surface area contributed by atoms with Gasteiger partial charge in [0.05, 0.1) is 18.8 Å². The quantitative estimate of drug-likeness (QED) is 0.799. The summed E-state index contributed by atoms with van der Waals surface area (Å²) < 4.78 is 2.18. The van der Waals surface area contributed by atoms with Crippen molar-refractivity contribution in [2.75, 3.05) is 0 Å². The maximum absolute atomic E-state index is 9.26. The normalized spacial score (nSPS) is 18.6. The number of hydrogen-bond acceptors (Lipinski definition) is 2. The standard InChI is InChI=1S/C13H22N2O/c1-2-13-11(10-16)9-14-15(13)12-7-5-3-4-6-8-12/h9,12,16H,2-8,10H2,1H3. The molecule has 16 heavy (non-hydrogen) atoms. The summed E-state index contributed by atoms with van der Waals surface area (Å²) in [6, 6.07) is 0.567. The van der Waals surface area contributed by atoms with Gasteiger partial charge in [-0.2, -0.15) is 5.10 Å². The Kier molecular flexibility index (Phi) is 3.99. The summed E-state index contributed by atoms with van der Waals surface area (Å²) >= 11 is 0. The van der Waals surface area contributed by atoms with Crippen LogP contribution in [0.5, 0.6) is 0 Å². The minimum absolute atomic E-state index is 0.121. The molecule has 1 heterocycles. The first-order valence-corrected chi connectivity index (χ1v) is 6.53. The molecule has 0 radical (unpaired) electrons. The summed E-state index contributed by atoms with van der Waals surface area (Å²) in [5.41, 5.74) is 2.24. The zero-order valence-corrected chi connectivity index (χ0v) is 10.2. The van der Waals surface area contributed by atoms with Gasteiger partial charge in [0.25, 0.3) is 0 Å². The fourth-order valence-corrected chi connectivity index (χ4v) is 2.76. The molecule has 0 bridgehead atoms. The van der Waals surface area contributed by atoms with Crippen LogP contribution >= 0.6 is 0 Å². The van der Waals surface area contributed by atoms with Gasteiger partial charge in [-0.3, -0.25) is 4.68 Å². The van der Waals surface area contributed by atoms with E-state index in [2.05, 4.69) is 16.7 Å². The lowest BCUT2D eigenvalue weighted by Crippen LogP contribution is -2.13. The van der Waals surface area contributed by atoms with E-state index in [0.29, 0.717) is 6.04 Å². The Labute approximate surface area is 97.5 Å². The third kappa shape index (κ3) is 2.29. The number of rotatable bonds is 3. The van der Waals surface area contributed by atoms with E-state index < -0.39 is 0 Å². The first-order chi connectivity index (χ1) is 7.86. The number of aliphatic hydroxyl groups is 1. The predicted octanol–water partition coefficient (Wildman–Crippen LogP) is 2.83. The van der Waals surface area contributed by atoms with E-state index in [9.17, 15) is 5.11 Å². The lowest BCUT2D eigenvalue weighted by Gasteiger charge is -2.18. The second kappa shape index (κ2) is 5.48. The molecule has 1 N–H and O–H groups in total. The largest absolute Gasteiger partial charge is 0.392 e. The lowest BCUT2D eigenvalue weighted by molar-refractivity contribution is 0.279. The number of aromatic nitrogens is 2. The van der Waals surface area contributed by atoms with E-state index in [1.807, 2.05) is 6.20 Å². The Bertz CT molecular complexity index is 325. The fraction of sp³-hybridized carbons (Fsp3) is 0.769. The average molecular weight is 222 g/mol. The van der Waals surface area contributed by atoms with Crippen LogP contribution in [-0.2, 0) is 13.0 Å². The summed E-state index contributed by atoms with van der Waals surface area (Å²) in [5, 5.41) is 13.7. The number of hydrogen-bond donors (Lipinski definition) is 1. The van der Waals surface area contributed by atoms with E-state index in [1.54, 1.807) is 0 Å². The van der Waals surface area contributed by atoms with Crippen molar-refractivity contribution < 1.29 is 5.11 Å². The first-order valence-electron chi connectivity index (χ1n) is 6.53. The maximum atomic E-state index is 9.26. The minimum atomic E-state index is 0.121. The third-order valence-electron chi connectivity index (χ3n) is 3.66. The zero-order valence-electron chi connectivity index (χ0n) is 10.2. The molecule has 3 nitrogen and oxygen atoms in total. The highest BCUT2D eigenvalue weighted by Crippen LogP contribution is 2.28. The van der Waals surface area contributed by atoms with Crippen LogP contribution in [0.3, 0.4) is 0 Å². The molecule has 3 heteroatoms. The van der Waals surface area contributed by atoms with Gasteiger partial charge in [0, 0.05) is 11.3 Å². The molecule has 0 aromatic carbocycles. The van der Waals surface area contributed by atoms with Gasteiger partial charge in [0.2, 0.25) is 0 Å². The van der Waals surface area contributed by atoms with Crippen molar-refractivity contribution in [1.82, 2.24) is 9.78 Å². The smallest absolute Gasteiger partial charge is 0.0715 e. The minimum Gasteiger partial charge on any atom is -0.392 e. The van der Waals surface area contributed by atoms with E-state index in [0.717, 1.165) is 12.0 Å². The van der Waals surface area contributed by atoms with Crippen molar-refractivity contribution in [3.63, 3.8) is 0 Å². The molecule has 0 atom stereocenters. The van der Waals surface area contributed by atoms with Crippen molar-refractivity contribution >= 4 is 0 Å². The highest BCUT2D eigenvalue weighted by Gasteiger charge is 2.18. The van der Waals surface area contributed by atoms with E-state index in [4.69, 9.17) is 0 Å². The first kappa shape index (κ1) is 11.6. The van der Waals surface area contributed by atoms with Crippen LogP contribution < -0.4 is 0 Å². The molecule has 1 fully saturated rings. The molecule has 1 aromatic rings. The van der Waals surface area contributed by atoms with Gasteiger partial charge in [-0.1, -0.05) is 32.6 Å². The van der Waals surface area contributed by atoms with Gasteiger partial charge in [-0.25, -0.2) is 0 Å². The SMILES string of the molecule is CCc1c(CO)cnn1C1CCCCCC1. The van der Waals surface area contributed by atoms with Gasteiger partial charge in [0.1, 0.15) is 0 Å². The fourth-order valence-electron chi connectivity index (χ4n) is 2.76. The summed E-state index contributed by atoms with van der Waals surface area (Å²) in [4.78, 5) is 0. The third-order valence-corrected chi connectivity index (χ3v) is 3.66. The summed E-state index contributed by atoms with van der Waals surface area (Å²) in [5.74, 6) is 0. The van der Waals surface area contributed by atoms with Crippen molar-refractivity contribution in [3.8, 4) is 0 Å². The van der Waals surface area contributed by atoms with Crippen LogP contribution in [0.15, 0.2) is 6.20 Å². The summed E-state index contributed by atoms with van der Waals surface area (Å²) in [6.45, 7) is 2.26. The van der Waals surface area contributed by atoms with Crippen molar-refractivity contribution in [2.24, 2.45) is 0 Å². The lowest BCUT2D eigenvalue weighted by atomic mass is 10.1. The molecule has 1 aromatic heterocycles. The van der Waals surface area contributed by atoms with Crippen molar-refractivity contribution in [1.29, 1.82) is 0 Å². The second-order valence-electron chi connectivity index (χ2n) is 4.72. The van der Waals surface area contributed by atoms with Crippen LogP contribution in [0, 0.1) is 0 Å². The van der Waals surface area contributed by atoms with Gasteiger partial charge in [0.15, 0.2) is 0 Å². The summed E-state index contributed by atoms with van der Waals surface area (Å²) in [7, 11) is 0. The topological polar surface area (TPSA) is 38.1 Å². The molecule has 2 rings (SSSR count). The molecule has 0 unspecified atom stereocenters. The van der Waals surface area contributed by atoms with Gasteiger partial charge in [-0.05, 0) is 19.3 Å². The molecule has 1 aliphatic rings. The molecular weight excluding hydrogens is 200 g/mol. The van der Waals surface area contributed by atoms with Crippen LogP contribution in [-0.4, -0.2) is 14.9 Å². The number of aliphatic hydroxyl groups excluding tert-OH is 1. The molecule has 1 aliphatic carbocycles. The Balaban J connectivity index is 2.20. The molecular formula is C13H22N2O. The Morgan fingerprint density at radius 2 is 2.00 bits per heavy atom. The maximum Gasteiger partial charge on any atom is 0.0715 e. The number of nitrogens with zero attached hydrogens (tertiary/aromatic N) is 2. The summed E-state index contributed by atoms with van der Waals surface area (Å²) in [6.07, 6.45) is 10.7. The van der Waals surface area contributed by atoms with Crippen LogP contribution in [0.2, 0.25) is 0 Å². The van der Waals surface area contributed by atoms with Gasteiger partial charge >= 0.3 is 0 Å². The Morgan fingerprint density at radius 3 is 2.56 bits per heavy atom. The molecule has 0 amide bonds. The molecule has 0 aliphatic heterocycles. The van der Waals surface area contributed by atoms with Crippen LogP contribution in [0.1, 0.15) is 62.7 Å². The molecule has 0 saturated heterocycles. The van der Waals surface area contributed by atoms with E-state index in [1.165, 1.54) is 44.2 Å². The Hall–Kier alpha value is -0.830. The highest BCUT2D eigenvalue weighted by molar-refractivity contribution is 5.17. The van der Waals surface area contributed by atoms with Crippen LogP contribution in [0.4, 0.5) is 0 Å². The molecule has 90 valence electrons. The Morgan fingerprint density at radius 1 is 1.31 bits per heavy atom. The van der Waals surface area contributed by atoms with Crippen molar-refractivity contribution in [2.45, 2.75) is 64.5 Å². The average Bonchev–Trinajstić information content (AvgIpc) is 2.54. The van der Waals surface area contributed by atoms with Crippen molar-refractivity contribution in [3.05, 3.63) is 17.5 Å². The highest BCUT2D eigenvalue weighted by atomic mass is 16.3. The van der Waals surface area contributed by atoms with E-state index >= 15 is 0 Å². The predicted molar refractivity (Wildman–Crippen MR) is 64.3 cm³/mol. The van der Waals surface area contributed by atoms with Gasteiger partial charge < -0.3 is 5.11 Å². The monoisotopic (exact) mass is 222 g/mol. The van der Waals surface area contributed by atoms with Crippen LogP contribution in [0.25, 0.3) is 0 Å². The molecule has 1 saturated carbocycles. The zero-order chi connectivity index (χ0) is 11.4.